The fourth-order valence-electron chi connectivity index (χ4n) is 2.96. The zero-order chi connectivity index (χ0) is 15.1. The highest BCUT2D eigenvalue weighted by Crippen LogP contribution is 2.29. The zero-order valence-electron chi connectivity index (χ0n) is 12.9. The summed E-state index contributed by atoms with van der Waals surface area (Å²) in [5.74, 6) is -0.172. The summed E-state index contributed by atoms with van der Waals surface area (Å²) in [5.41, 5.74) is 0.987. The molecule has 1 aromatic rings. The third-order valence-corrected chi connectivity index (χ3v) is 5.21. The molecule has 116 valence electrons. The average Bonchev–Trinajstić information content (AvgIpc) is 2.54. The predicted octanol–water partition coefficient (Wildman–Crippen LogP) is 3.55. The maximum Gasteiger partial charge on any atom is 0.327 e. The summed E-state index contributed by atoms with van der Waals surface area (Å²) in [7, 11) is 0. The van der Waals surface area contributed by atoms with Crippen LogP contribution in [0.25, 0.3) is 0 Å². The third-order valence-electron chi connectivity index (χ3n) is 4.04. The van der Waals surface area contributed by atoms with Crippen LogP contribution in [0.4, 0.5) is 0 Å². The first-order valence-corrected chi connectivity index (χ1v) is 9.05. The van der Waals surface area contributed by atoms with Gasteiger partial charge in [-0.3, -0.25) is 5.32 Å². The van der Waals surface area contributed by atoms with E-state index in [4.69, 9.17) is 4.74 Å². The lowest BCUT2D eigenvalue weighted by atomic mass is 9.93. The molecule has 3 unspecified atom stereocenters. The van der Waals surface area contributed by atoms with E-state index in [9.17, 15) is 4.79 Å². The summed E-state index contributed by atoms with van der Waals surface area (Å²) in [4.78, 5) is 12.3. The molecule has 0 spiro atoms. The number of ether oxygens (including phenoxy) is 1. The van der Waals surface area contributed by atoms with E-state index in [-0.39, 0.29) is 12.0 Å². The summed E-state index contributed by atoms with van der Waals surface area (Å²) in [6, 6.07) is 9.91. The maximum atomic E-state index is 12.3. The number of nitrogens with one attached hydrogen (secondary N) is 1. The standard InChI is InChI=1S/C17H25NO2S/c1-3-20-17(19)16(13-9-5-4-6-10-13)18-14-11-7-8-12-15(14)21-2/h4-6,9-10,14-16,18H,3,7-8,11-12H2,1-2H3. The maximum absolute atomic E-state index is 12.3. The van der Waals surface area contributed by atoms with E-state index in [1.807, 2.05) is 49.0 Å². The lowest BCUT2D eigenvalue weighted by Gasteiger charge is -2.33. The predicted molar refractivity (Wildman–Crippen MR) is 88.5 cm³/mol. The molecule has 21 heavy (non-hydrogen) atoms. The van der Waals surface area contributed by atoms with Crippen LogP contribution < -0.4 is 5.32 Å². The minimum atomic E-state index is -0.358. The van der Waals surface area contributed by atoms with Gasteiger partial charge in [-0.25, -0.2) is 4.79 Å². The fraction of sp³-hybridized carbons (Fsp3) is 0.588. The number of benzene rings is 1. The summed E-state index contributed by atoms with van der Waals surface area (Å²) < 4.78 is 5.26. The summed E-state index contributed by atoms with van der Waals surface area (Å²) in [6.07, 6.45) is 7.04. The molecule has 0 saturated heterocycles. The number of carbonyl (C=O) groups is 1. The molecule has 3 nitrogen and oxygen atoms in total. The first kappa shape index (κ1) is 16.4. The van der Waals surface area contributed by atoms with Crippen molar-refractivity contribution in [3.05, 3.63) is 35.9 Å². The highest BCUT2D eigenvalue weighted by molar-refractivity contribution is 7.99. The lowest BCUT2D eigenvalue weighted by Crippen LogP contribution is -2.45. The molecule has 0 radical (unpaired) electrons. The highest BCUT2D eigenvalue weighted by Gasteiger charge is 2.30. The van der Waals surface area contributed by atoms with Gasteiger partial charge in [-0.05, 0) is 31.6 Å². The van der Waals surface area contributed by atoms with Crippen molar-refractivity contribution < 1.29 is 9.53 Å². The van der Waals surface area contributed by atoms with Gasteiger partial charge in [0.05, 0.1) is 6.61 Å². The Morgan fingerprint density at radius 1 is 1.33 bits per heavy atom. The number of rotatable bonds is 6. The topological polar surface area (TPSA) is 38.3 Å². The number of carbonyl (C=O) groups excluding carboxylic acids is 1. The monoisotopic (exact) mass is 307 g/mol. The van der Waals surface area contributed by atoms with Crippen LogP contribution in [0.3, 0.4) is 0 Å². The van der Waals surface area contributed by atoms with Gasteiger partial charge in [0.15, 0.2) is 0 Å². The Hall–Kier alpha value is -1.00. The van der Waals surface area contributed by atoms with Crippen LogP contribution in [-0.2, 0) is 9.53 Å². The van der Waals surface area contributed by atoms with Gasteiger partial charge in [0, 0.05) is 11.3 Å². The fourth-order valence-corrected chi connectivity index (χ4v) is 3.90. The van der Waals surface area contributed by atoms with Gasteiger partial charge >= 0.3 is 5.97 Å². The van der Waals surface area contributed by atoms with Gasteiger partial charge in [-0.1, -0.05) is 43.2 Å². The lowest BCUT2D eigenvalue weighted by molar-refractivity contribution is -0.146. The Labute approximate surface area is 131 Å². The van der Waals surface area contributed by atoms with Crippen molar-refractivity contribution in [3.63, 3.8) is 0 Å². The van der Waals surface area contributed by atoms with E-state index in [0.29, 0.717) is 17.9 Å². The molecule has 1 aromatic carbocycles. The Kier molecular flexibility index (Phi) is 6.58. The average molecular weight is 307 g/mol. The normalized spacial score (nSPS) is 23.5. The summed E-state index contributed by atoms with van der Waals surface area (Å²) in [5, 5.41) is 4.15. The highest BCUT2D eigenvalue weighted by atomic mass is 32.2. The molecule has 1 aliphatic carbocycles. The molecule has 4 heteroatoms. The van der Waals surface area contributed by atoms with Gasteiger partial charge in [-0.2, -0.15) is 11.8 Å². The Morgan fingerprint density at radius 2 is 2.05 bits per heavy atom. The van der Waals surface area contributed by atoms with Crippen molar-refractivity contribution in [1.82, 2.24) is 5.32 Å². The first-order valence-electron chi connectivity index (χ1n) is 7.76. The van der Waals surface area contributed by atoms with E-state index in [1.54, 1.807) is 0 Å². The molecule has 2 rings (SSSR count). The van der Waals surface area contributed by atoms with Crippen molar-refractivity contribution in [2.45, 2.75) is 49.9 Å². The summed E-state index contributed by atoms with van der Waals surface area (Å²) >= 11 is 1.90. The van der Waals surface area contributed by atoms with Crippen LogP contribution >= 0.6 is 11.8 Å². The zero-order valence-corrected chi connectivity index (χ0v) is 13.7. The van der Waals surface area contributed by atoms with E-state index in [1.165, 1.54) is 19.3 Å². The number of esters is 1. The van der Waals surface area contributed by atoms with Crippen molar-refractivity contribution >= 4 is 17.7 Å². The Balaban J connectivity index is 2.13. The van der Waals surface area contributed by atoms with Crippen LogP contribution in [0.5, 0.6) is 0 Å². The van der Waals surface area contributed by atoms with Crippen LogP contribution in [0.15, 0.2) is 30.3 Å². The second-order valence-electron chi connectivity index (χ2n) is 5.43. The number of hydrogen-bond acceptors (Lipinski definition) is 4. The van der Waals surface area contributed by atoms with Crippen molar-refractivity contribution in [3.8, 4) is 0 Å². The third kappa shape index (κ3) is 4.48. The molecular formula is C17H25NO2S. The van der Waals surface area contributed by atoms with Crippen LogP contribution in [-0.4, -0.2) is 30.1 Å². The van der Waals surface area contributed by atoms with E-state index in [0.717, 1.165) is 12.0 Å². The van der Waals surface area contributed by atoms with E-state index >= 15 is 0 Å². The van der Waals surface area contributed by atoms with E-state index < -0.39 is 0 Å². The molecule has 0 aliphatic heterocycles. The summed E-state index contributed by atoms with van der Waals surface area (Å²) in [6.45, 7) is 2.27. The molecule has 3 atom stereocenters. The van der Waals surface area contributed by atoms with Crippen LogP contribution in [0, 0.1) is 0 Å². The molecule has 1 aliphatic rings. The minimum Gasteiger partial charge on any atom is -0.465 e. The molecule has 0 aromatic heterocycles. The van der Waals surface area contributed by atoms with Crippen molar-refractivity contribution in [2.75, 3.05) is 12.9 Å². The van der Waals surface area contributed by atoms with Crippen molar-refractivity contribution in [2.24, 2.45) is 0 Å². The molecule has 0 heterocycles. The van der Waals surface area contributed by atoms with Crippen molar-refractivity contribution in [1.29, 1.82) is 0 Å². The largest absolute Gasteiger partial charge is 0.465 e. The molecule has 0 amide bonds. The second kappa shape index (κ2) is 8.44. The van der Waals surface area contributed by atoms with Gasteiger partial charge in [0.1, 0.15) is 6.04 Å². The van der Waals surface area contributed by atoms with Crippen LogP contribution in [0.2, 0.25) is 0 Å². The molecule has 1 N–H and O–H groups in total. The van der Waals surface area contributed by atoms with Gasteiger partial charge in [-0.15, -0.1) is 0 Å². The smallest absolute Gasteiger partial charge is 0.327 e. The first-order chi connectivity index (χ1) is 10.3. The van der Waals surface area contributed by atoms with Gasteiger partial charge in [0.25, 0.3) is 0 Å². The molecular weight excluding hydrogens is 282 g/mol. The minimum absolute atomic E-state index is 0.172. The molecule has 1 saturated carbocycles. The van der Waals surface area contributed by atoms with Gasteiger partial charge < -0.3 is 4.74 Å². The number of hydrogen-bond donors (Lipinski definition) is 1. The Morgan fingerprint density at radius 3 is 2.71 bits per heavy atom. The quantitative estimate of drug-likeness (QED) is 0.816. The SMILES string of the molecule is CCOC(=O)C(NC1CCCCC1SC)c1ccccc1. The number of thioether (sulfide) groups is 1. The van der Waals surface area contributed by atoms with Crippen LogP contribution in [0.1, 0.15) is 44.2 Å². The molecule has 0 bridgehead atoms. The van der Waals surface area contributed by atoms with Gasteiger partial charge in [0.2, 0.25) is 0 Å². The second-order valence-corrected chi connectivity index (χ2v) is 6.50. The molecule has 1 fully saturated rings. The van der Waals surface area contributed by atoms with E-state index in [2.05, 4.69) is 11.6 Å². The Bertz CT molecular complexity index is 438.